The number of amides is 2. The lowest BCUT2D eigenvalue weighted by Gasteiger charge is -2.21. The molecule has 174 valence electrons. The van der Waals surface area contributed by atoms with Crippen LogP contribution >= 0.6 is 0 Å². The van der Waals surface area contributed by atoms with Crippen LogP contribution in [0.5, 0.6) is 5.75 Å². The Morgan fingerprint density at radius 3 is 2.73 bits per heavy atom. The summed E-state index contributed by atoms with van der Waals surface area (Å²) in [6.45, 7) is 6.99. The average molecular weight is 449 g/mol. The van der Waals surface area contributed by atoms with Crippen molar-refractivity contribution in [1.82, 2.24) is 10.3 Å². The van der Waals surface area contributed by atoms with Gasteiger partial charge < -0.3 is 25.0 Å². The average Bonchev–Trinajstić information content (AvgIpc) is 3.27. The zero-order chi connectivity index (χ0) is 23.2. The van der Waals surface area contributed by atoms with Gasteiger partial charge in [0.1, 0.15) is 12.4 Å². The summed E-state index contributed by atoms with van der Waals surface area (Å²) in [7, 11) is 1.66. The van der Waals surface area contributed by atoms with Crippen LogP contribution in [0.15, 0.2) is 54.7 Å². The van der Waals surface area contributed by atoms with Crippen LogP contribution in [0.2, 0.25) is 0 Å². The van der Waals surface area contributed by atoms with Gasteiger partial charge in [0.25, 0.3) is 0 Å². The van der Waals surface area contributed by atoms with Crippen LogP contribution in [0.3, 0.4) is 0 Å². The molecular weight excluding hydrogens is 416 g/mol. The van der Waals surface area contributed by atoms with Crippen molar-refractivity contribution in [2.45, 2.75) is 32.2 Å². The van der Waals surface area contributed by atoms with E-state index >= 15 is 0 Å². The number of hydrogen-bond donors (Lipinski definition) is 2. The Morgan fingerprint density at radius 2 is 1.97 bits per heavy atom. The van der Waals surface area contributed by atoms with Crippen molar-refractivity contribution < 1.29 is 14.3 Å². The minimum Gasteiger partial charge on any atom is -0.491 e. The summed E-state index contributed by atoms with van der Waals surface area (Å²) in [5.74, 6) is 1.25. The predicted molar refractivity (Wildman–Crippen MR) is 132 cm³/mol. The number of fused-ring (bicyclic) bond motifs is 1. The van der Waals surface area contributed by atoms with Crippen molar-refractivity contribution in [3.8, 4) is 5.75 Å². The van der Waals surface area contributed by atoms with Gasteiger partial charge in [0.15, 0.2) is 0 Å². The summed E-state index contributed by atoms with van der Waals surface area (Å²) >= 11 is 0. The Hall–Kier alpha value is -3.32. The Labute approximate surface area is 195 Å². The van der Waals surface area contributed by atoms with Gasteiger partial charge in [-0.05, 0) is 48.2 Å². The summed E-state index contributed by atoms with van der Waals surface area (Å²) in [6.07, 6.45) is 2.71. The number of anilines is 2. The van der Waals surface area contributed by atoms with E-state index in [0.29, 0.717) is 19.1 Å². The highest BCUT2D eigenvalue weighted by atomic mass is 16.5. The van der Waals surface area contributed by atoms with Gasteiger partial charge in [-0.3, -0.25) is 4.98 Å². The molecule has 4 rings (SSSR count). The zero-order valence-electron chi connectivity index (χ0n) is 19.5. The van der Waals surface area contributed by atoms with Crippen molar-refractivity contribution in [2.24, 2.45) is 0 Å². The highest BCUT2D eigenvalue weighted by Gasteiger charge is 2.25. The number of pyridine rings is 1. The molecule has 3 aromatic rings. The molecule has 0 aliphatic carbocycles. The van der Waals surface area contributed by atoms with E-state index < -0.39 is 0 Å². The van der Waals surface area contributed by atoms with Gasteiger partial charge in [-0.15, -0.1) is 0 Å². The normalized spacial score (nSPS) is 15.8. The second kappa shape index (κ2) is 10.5. The molecule has 0 bridgehead atoms. The molecule has 2 N–H and O–H groups in total. The van der Waals surface area contributed by atoms with Crippen LogP contribution < -0.4 is 20.3 Å². The fourth-order valence-corrected chi connectivity index (χ4v) is 4.12. The summed E-state index contributed by atoms with van der Waals surface area (Å²) in [4.78, 5) is 19.3. The van der Waals surface area contributed by atoms with Gasteiger partial charge in [-0.1, -0.05) is 26.0 Å². The van der Waals surface area contributed by atoms with E-state index in [1.54, 1.807) is 7.11 Å². The predicted octanol–water partition coefficient (Wildman–Crippen LogP) is 4.78. The molecule has 1 aliphatic rings. The van der Waals surface area contributed by atoms with Crippen LogP contribution in [0.1, 0.15) is 31.7 Å². The second-order valence-corrected chi connectivity index (χ2v) is 8.66. The number of aromatic nitrogens is 1. The van der Waals surface area contributed by atoms with E-state index in [0.717, 1.165) is 47.5 Å². The summed E-state index contributed by atoms with van der Waals surface area (Å²) in [6, 6.07) is 15.9. The van der Waals surface area contributed by atoms with Crippen LogP contribution in [0.4, 0.5) is 16.2 Å². The molecule has 0 spiro atoms. The van der Waals surface area contributed by atoms with E-state index in [-0.39, 0.29) is 12.1 Å². The molecule has 7 heteroatoms. The quantitative estimate of drug-likeness (QED) is 0.485. The molecule has 2 heterocycles. The number of rotatable bonds is 8. The van der Waals surface area contributed by atoms with Crippen molar-refractivity contribution in [3.05, 3.63) is 60.3 Å². The topological polar surface area (TPSA) is 75.7 Å². The summed E-state index contributed by atoms with van der Waals surface area (Å²) < 4.78 is 10.8. The summed E-state index contributed by atoms with van der Waals surface area (Å²) in [5, 5.41) is 7.13. The first-order valence-electron chi connectivity index (χ1n) is 11.5. The number of carbonyl (C=O) groups excluding carboxylic acids is 1. The van der Waals surface area contributed by atoms with Crippen LogP contribution in [-0.4, -0.2) is 50.5 Å². The molecule has 1 aromatic heterocycles. The SMILES string of the molecule is COCCOc1ccc2c(N3CCC(NC(=O)Nc4ccc(C(C)C)cc4)C3)ccnc2c1. The van der Waals surface area contributed by atoms with Crippen molar-refractivity contribution >= 4 is 28.3 Å². The minimum absolute atomic E-state index is 0.0832. The number of nitrogens with one attached hydrogen (secondary N) is 2. The molecule has 2 aromatic carbocycles. The molecule has 0 saturated carbocycles. The fourth-order valence-electron chi connectivity index (χ4n) is 4.12. The van der Waals surface area contributed by atoms with Crippen molar-refractivity contribution in [3.63, 3.8) is 0 Å². The number of carbonyl (C=O) groups is 1. The van der Waals surface area contributed by atoms with E-state index in [9.17, 15) is 4.79 Å². The van der Waals surface area contributed by atoms with Gasteiger partial charge in [0, 0.05) is 55.3 Å². The Morgan fingerprint density at radius 1 is 1.15 bits per heavy atom. The largest absolute Gasteiger partial charge is 0.491 e. The first-order valence-corrected chi connectivity index (χ1v) is 11.5. The molecular formula is C26H32N4O3. The molecule has 7 nitrogen and oxygen atoms in total. The van der Waals surface area contributed by atoms with E-state index in [2.05, 4.69) is 46.5 Å². The lowest BCUT2D eigenvalue weighted by atomic mass is 10.0. The molecule has 2 amide bonds. The standard InChI is InChI=1S/C26H32N4O3/c1-18(2)19-4-6-20(7-5-19)28-26(31)29-21-11-13-30(17-21)25-10-12-27-24-16-22(8-9-23(24)25)33-15-14-32-3/h4-10,12,16,18,21H,11,13-15,17H2,1-3H3,(H2,28,29,31). The molecule has 1 saturated heterocycles. The van der Waals surface area contributed by atoms with E-state index in [4.69, 9.17) is 9.47 Å². The molecule has 1 fully saturated rings. The second-order valence-electron chi connectivity index (χ2n) is 8.66. The number of hydrogen-bond acceptors (Lipinski definition) is 5. The maximum absolute atomic E-state index is 12.5. The van der Waals surface area contributed by atoms with Crippen LogP contribution in [-0.2, 0) is 4.74 Å². The van der Waals surface area contributed by atoms with Crippen LogP contribution in [0.25, 0.3) is 10.9 Å². The monoisotopic (exact) mass is 448 g/mol. The first-order chi connectivity index (χ1) is 16.0. The number of ether oxygens (including phenoxy) is 2. The van der Waals surface area contributed by atoms with Crippen molar-refractivity contribution in [1.29, 1.82) is 0 Å². The third-order valence-corrected chi connectivity index (χ3v) is 5.95. The van der Waals surface area contributed by atoms with Gasteiger partial charge in [-0.25, -0.2) is 4.79 Å². The Bertz CT molecular complexity index is 1080. The fraction of sp³-hybridized carbons (Fsp3) is 0.385. The maximum Gasteiger partial charge on any atom is 0.319 e. The molecule has 1 atom stereocenters. The first kappa shape index (κ1) is 22.9. The Balaban J connectivity index is 1.36. The third-order valence-electron chi connectivity index (χ3n) is 5.95. The number of urea groups is 1. The number of benzene rings is 2. The number of nitrogens with zero attached hydrogens (tertiary/aromatic N) is 2. The van der Waals surface area contributed by atoms with Crippen LogP contribution in [0, 0.1) is 0 Å². The van der Waals surface area contributed by atoms with E-state index in [1.807, 2.05) is 42.6 Å². The van der Waals surface area contributed by atoms with E-state index in [1.165, 1.54) is 5.56 Å². The molecule has 0 radical (unpaired) electrons. The Kier molecular flexibility index (Phi) is 7.29. The highest BCUT2D eigenvalue weighted by Crippen LogP contribution is 2.30. The maximum atomic E-state index is 12.5. The van der Waals surface area contributed by atoms with Gasteiger partial charge in [-0.2, -0.15) is 0 Å². The smallest absolute Gasteiger partial charge is 0.319 e. The van der Waals surface area contributed by atoms with Gasteiger partial charge in [0.05, 0.1) is 12.1 Å². The molecule has 1 unspecified atom stereocenters. The van der Waals surface area contributed by atoms with Gasteiger partial charge in [0.2, 0.25) is 0 Å². The molecule has 33 heavy (non-hydrogen) atoms. The highest BCUT2D eigenvalue weighted by molar-refractivity contribution is 5.93. The van der Waals surface area contributed by atoms with Gasteiger partial charge >= 0.3 is 6.03 Å². The lowest BCUT2D eigenvalue weighted by molar-refractivity contribution is 0.146. The molecule has 1 aliphatic heterocycles. The third kappa shape index (κ3) is 5.73. The zero-order valence-corrected chi connectivity index (χ0v) is 19.5. The minimum atomic E-state index is -0.170. The lowest BCUT2D eigenvalue weighted by Crippen LogP contribution is -2.39. The number of methoxy groups -OCH3 is 1. The summed E-state index contributed by atoms with van der Waals surface area (Å²) in [5.41, 5.74) is 4.07. The van der Waals surface area contributed by atoms with Crippen molar-refractivity contribution in [2.75, 3.05) is 43.6 Å².